The molecule has 0 spiro atoms. The highest BCUT2D eigenvalue weighted by Gasteiger charge is 2.28. The van der Waals surface area contributed by atoms with E-state index in [1.807, 2.05) is 18.2 Å². The molecule has 0 bridgehead atoms. The number of hydrogen-bond acceptors (Lipinski definition) is 6. The lowest BCUT2D eigenvalue weighted by atomic mass is 9.97. The quantitative estimate of drug-likeness (QED) is 0.307. The third-order valence-corrected chi connectivity index (χ3v) is 7.74. The van der Waals surface area contributed by atoms with Gasteiger partial charge in [0.2, 0.25) is 5.91 Å². The fraction of sp³-hybridized carbons (Fsp3) is 0.414. The summed E-state index contributed by atoms with van der Waals surface area (Å²) >= 11 is 5.98. The molecule has 1 saturated carbocycles. The maximum atomic E-state index is 13.7. The molecule has 200 valence electrons. The minimum Gasteiger partial charge on any atom is -0.467 e. The van der Waals surface area contributed by atoms with Gasteiger partial charge in [0.1, 0.15) is 11.6 Å². The van der Waals surface area contributed by atoms with E-state index in [9.17, 15) is 9.18 Å². The molecule has 38 heavy (non-hydrogen) atoms. The van der Waals surface area contributed by atoms with Crippen molar-refractivity contribution in [2.75, 3.05) is 24.3 Å². The number of amides is 1. The standard InChI is InChI=1S/C29H33ClFN5O2/c1-17-6-4-7-18(2)36(17)13-5-8-27(37)33-25-16-22-26(15-21(25)19-9-10-19)34-29(38-3)35-28(22)32-20-11-12-24(31)23(30)14-20/h5,8,11-12,14-19H,4,6-7,9-10,13H2,1-3H3,(H,33,37)(H,32,34,35)/t17-,18+. The Balaban J connectivity index is 1.42. The minimum atomic E-state index is -0.501. The SMILES string of the molecule is COc1nc(Nc2ccc(F)c(Cl)c2)c2cc(NC(=O)C=CCN3[C@H](C)CCC[C@@H]3C)c(C3CC3)cc2n1. The van der Waals surface area contributed by atoms with E-state index in [0.717, 1.165) is 30.6 Å². The Kier molecular flexibility index (Phi) is 7.81. The van der Waals surface area contributed by atoms with Crippen LogP contribution in [0.15, 0.2) is 42.5 Å². The fourth-order valence-corrected chi connectivity index (χ4v) is 5.38. The van der Waals surface area contributed by atoms with Gasteiger partial charge in [-0.05, 0) is 81.3 Å². The first kappa shape index (κ1) is 26.4. The molecule has 9 heteroatoms. The van der Waals surface area contributed by atoms with Crippen LogP contribution in [0.5, 0.6) is 6.01 Å². The number of anilines is 3. The van der Waals surface area contributed by atoms with Crippen LogP contribution in [0.1, 0.15) is 57.4 Å². The molecule has 2 aliphatic rings. The van der Waals surface area contributed by atoms with E-state index in [0.29, 0.717) is 40.4 Å². The minimum absolute atomic E-state index is 0.00410. The molecule has 1 aromatic heterocycles. The number of fused-ring (bicyclic) bond motifs is 1. The summed E-state index contributed by atoms with van der Waals surface area (Å²) in [7, 11) is 1.51. The monoisotopic (exact) mass is 537 g/mol. The zero-order chi connectivity index (χ0) is 26.8. The van der Waals surface area contributed by atoms with E-state index in [1.54, 1.807) is 12.1 Å². The van der Waals surface area contributed by atoms with Crippen molar-refractivity contribution < 1.29 is 13.9 Å². The molecule has 7 nitrogen and oxygen atoms in total. The number of halogens is 2. The van der Waals surface area contributed by atoms with Gasteiger partial charge in [0.05, 0.1) is 17.6 Å². The lowest BCUT2D eigenvalue weighted by Crippen LogP contribution is -2.43. The highest BCUT2D eigenvalue weighted by atomic mass is 35.5. The second-order valence-electron chi connectivity index (χ2n) is 10.3. The zero-order valence-corrected chi connectivity index (χ0v) is 22.7. The highest BCUT2D eigenvalue weighted by molar-refractivity contribution is 6.31. The molecule has 1 aliphatic carbocycles. The summed E-state index contributed by atoms with van der Waals surface area (Å²) in [6.07, 6.45) is 9.35. The van der Waals surface area contributed by atoms with Crippen LogP contribution in [0, 0.1) is 5.82 Å². The van der Waals surface area contributed by atoms with Crippen molar-refractivity contribution in [3.8, 4) is 6.01 Å². The Bertz CT molecular complexity index is 1370. The van der Waals surface area contributed by atoms with E-state index in [2.05, 4.69) is 39.3 Å². The van der Waals surface area contributed by atoms with Gasteiger partial charge in [-0.25, -0.2) is 4.39 Å². The molecule has 2 heterocycles. The molecule has 2 aromatic carbocycles. The third kappa shape index (κ3) is 5.92. The first-order valence-electron chi connectivity index (χ1n) is 13.2. The van der Waals surface area contributed by atoms with Crippen LogP contribution in [0.2, 0.25) is 5.02 Å². The smallest absolute Gasteiger partial charge is 0.318 e. The molecule has 1 amide bonds. The average molecular weight is 538 g/mol. The molecule has 2 fully saturated rings. The van der Waals surface area contributed by atoms with Gasteiger partial charge in [-0.1, -0.05) is 24.1 Å². The number of nitrogens with zero attached hydrogens (tertiary/aromatic N) is 3. The average Bonchev–Trinajstić information content (AvgIpc) is 3.73. The van der Waals surface area contributed by atoms with E-state index in [-0.39, 0.29) is 16.9 Å². The molecule has 5 rings (SSSR count). The lowest BCUT2D eigenvalue weighted by Gasteiger charge is -2.38. The molecular formula is C29H33ClFN5O2. The Morgan fingerprint density at radius 3 is 2.61 bits per heavy atom. The fourth-order valence-electron chi connectivity index (χ4n) is 5.20. The number of aromatic nitrogens is 2. The number of benzene rings is 2. The van der Waals surface area contributed by atoms with Gasteiger partial charge >= 0.3 is 6.01 Å². The van der Waals surface area contributed by atoms with Crippen molar-refractivity contribution >= 4 is 45.6 Å². The van der Waals surface area contributed by atoms with Crippen LogP contribution in [0.4, 0.5) is 21.6 Å². The topological polar surface area (TPSA) is 79.4 Å². The third-order valence-electron chi connectivity index (χ3n) is 7.45. The van der Waals surface area contributed by atoms with Crippen LogP contribution in [-0.4, -0.2) is 46.5 Å². The van der Waals surface area contributed by atoms with Crippen molar-refractivity contribution in [2.45, 2.75) is 64.0 Å². The largest absolute Gasteiger partial charge is 0.467 e. The normalized spacial score (nSPS) is 20.1. The van der Waals surface area contributed by atoms with Gasteiger partial charge in [-0.2, -0.15) is 9.97 Å². The second kappa shape index (κ2) is 11.3. The van der Waals surface area contributed by atoms with Gasteiger partial charge in [-0.15, -0.1) is 0 Å². The number of methoxy groups -OCH3 is 1. The number of hydrogen-bond donors (Lipinski definition) is 2. The summed E-state index contributed by atoms with van der Waals surface area (Å²) in [6, 6.07) is 9.51. The molecule has 0 radical (unpaired) electrons. The Labute approximate surface area is 227 Å². The number of ether oxygens (including phenoxy) is 1. The van der Waals surface area contributed by atoms with Crippen molar-refractivity contribution in [1.82, 2.24) is 14.9 Å². The van der Waals surface area contributed by atoms with Gasteiger partial charge in [0, 0.05) is 41.5 Å². The summed E-state index contributed by atoms with van der Waals surface area (Å²) in [5.74, 6) is 0.175. The first-order chi connectivity index (χ1) is 18.3. The van der Waals surface area contributed by atoms with Gasteiger partial charge < -0.3 is 15.4 Å². The number of carbonyl (C=O) groups is 1. The van der Waals surface area contributed by atoms with Crippen LogP contribution < -0.4 is 15.4 Å². The maximum absolute atomic E-state index is 13.7. The molecule has 3 aromatic rings. The van der Waals surface area contributed by atoms with Crippen molar-refractivity contribution in [2.24, 2.45) is 0 Å². The number of rotatable bonds is 8. The van der Waals surface area contributed by atoms with E-state index in [4.69, 9.17) is 16.3 Å². The summed E-state index contributed by atoms with van der Waals surface area (Å²) in [5, 5.41) is 6.99. The molecule has 1 aliphatic heterocycles. The molecule has 0 unspecified atom stereocenters. The number of piperidine rings is 1. The van der Waals surface area contributed by atoms with Gasteiger partial charge in [0.25, 0.3) is 0 Å². The number of carbonyl (C=O) groups excluding carboxylic acids is 1. The Morgan fingerprint density at radius 1 is 1.16 bits per heavy atom. The van der Waals surface area contributed by atoms with Crippen LogP contribution in [0.3, 0.4) is 0 Å². The van der Waals surface area contributed by atoms with E-state index < -0.39 is 5.82 Å². The van der Waals surface area contributed by atoms with E-state index >= 15 is 0 Å². The van der Waals surface area contributed by atoms with E-state index in [1.165, 1.54) is 38.5 Å². The molecule has 2 atom stereocenters. The van der Waals surface area contributed by atoms with Crippen molar-refractivity contribution in [3.05, 3.63) is 58.9 Å². The number of likely N-dealkylation sites (tertiary alicyclic amines) is 1. The highest BCUT2D eigenvalue weighted by Crippen LogP contribution is 2.45. The lowest BCUT2D eigenvalue weighted by molar-refractivity contribution is -0.111. The second-order valence-corrected chi connectivity index (χ2v) is 10.7. The van der Waals surface area contributed by atoms with Crippen LogP contribution in [-0.2, 0) is 4.79 Å². The first-order valence-corrected chi connectivity index (χ1v) is 13.5. The predicted molar refractivity (Wildman–Crippen MR) is 150 cm³/mol. The predicted octanol–water partition coefficient (Wildman–Crippen LogP) is 6.81. The van der Waals surface area contributed by atoms with Crippen molar-refractivity contribution in [3.63, 3.8) is 0 Å². The Morgan fingerprint density at radius 2 is 1.92 bits per heavy atom. The maximum Gasteiger partial charge on any atom is 0.318 e. The summed E-state index contributed by atoms with van der Waals surface area (Å²) in [5.41, 5.74) is 3.05. The molecule has 1 saturated heterocycles. The van der Waals surface area contributed by atoms with Crippen LogP contribution >= 0.6 is 11.6 Å². The zero-order valence-electron chi connectivity index (χ0n) is 21.9. The molecular weight excluding hydrogens is 505 g/mol. The molecule has 2 N–H and O–H groups in total. The summed E-state index contributed by atoms with van der Waals surface area (Å²) in [6.45, 7) is 5.26. The Hall–Kier alpha value is -3.23. The summed E-state index contributed by atoms with van der Waals surface area (Å²) in [4.78, 5) is 24.4. The van der Waals surface area contributed by atoms with Gasteiger partial charge in [0.15, 0.2) is 0 Å². The number of nitrogens with one attached hydrogen (secondary N) is 2. The van der Waals surface area contributed by atoms with Gasteiger partial charge in [-0.3, -0.25) is 9.69 Å². The van der Waals surface area contributed by atoms with Crippen LogP contribution in [0.25, 0.3) is 10.9 Å². The summed E-state index contributed by atoms with van der Waals surface area (Å²) < 4.78 is 19.0. The van der Waals surface area contributed by atoms with Crippen molar-refractivity contribution in [1.29, 1.82) is 0 Å².